The fraction of sp³-hybridized carbons (Fsp3) is 0.846. The van der Waals surface area contributed by atoms with Crippen LogP contribution in [0.3, 0.4) is 0 Å². The average molecular weight is 405 g/mol. The number of nitrogens with zero attached hydrogens (tertiary/aromatic N) is 2. The monoisotopic (exact) mass is 404 g/mol. The highest BCUT2D eigenvalue weighted by atomic mass is 16.7. The number of hydrogen-bond acceptors (Lipinski definition) is 3. The molecule has 0 aromatic rings. The van der Waals surface area contributed by atoms with Crippen LogP contribution in [0.4, 0.5) is 0 Å². The summed E-state index contributed by atoms with van der Waals surface area (Å²) in [5.74, 6) is 0.612. The van der Waals surface area contributed by atoms with E-state index >= 15 is 0 Å². The highest BCUT2D eigenvalue weighted by Crippen LogP contribution is 2.35. The molecule has 3 heteroatoms. The van der Waals surface area contributed by atoms with Crippen molar-refractivity contribution in [1.29, 1.82) is 0 Å². The fourth-order valence-corrected chi connectivity index (χ4v) is 4.71. The molecule has 0 aromatic carbocycles. The molecule has 2 rings (SSSR count). The SMILES string of the molecule is CCCCC(C)(C)N1C=CC=C(C2CCCCCCCCCCC2)N1OCCC. The molecule has 1 aliphatic heterocycles. The van der Waals surface area contributed by atoms with Crippen molar-refractivity contribution in [3.05, 3.63) is 24.0 Å². The molecule has 0 radical (unpaired) electrons. The largest absolute Gasteiger partial charge is 0.263 e. The predicted octanol–water partition coefficient (Wildman–Crippen LogP) is 8.15. The third-order valence-corrected chi connectivity index (χ3v) is 6.61. The Labute approximate surface area is 181 Å². The number of allylic oxidation sites excluding steroid dienone is 3. The summed E-state index contributed by atoms with van der Waals surface area (Å²) in [5, 5.41) is 4.57. The van der Waals surface area contributed by atoms with Gasteiger partial charge in [-0.1, -0.05) is 84.5 Å². The van der Waals surface area contributed by atoms with Crippen molar-refractivity contribution < 1.29 is 4.84 Å². The number of hydroxylamine groups is 1. The molecular weight excluding hydrogens is 356 g/mol. The standard InChI is InChI=1S/C26H48N2O/c1-5-7-21-26(3,4)27-22-17-20-25(28(27)29-23-6-2)24-18-15-13-11-9-8-10-12-14-16-19-24/h17,20,22,24H,5-16,18-19,21,23H2,1-4H3. The van der Waals surface area contributed by atoms with Crippen molar-refractivity contribution in [3.8, 4) is 0 Å². The first-order chi connectivity index (χ1) is 14.1. The zero-order valence-electron chi connectivity index (χ0n) is 19.9. The van der Waals surface area contributed by atoms with Gasteiger partial charge in [-0.2, -0.15) is 5.17 Å². The van der Waals surface area contributed by atoms with Crippen molar-refractivity contribution >= 4 is 0 Å². The summed E-state index contributed by atoms with van der Waals surface area (Å²) >= 11 is 0. The Bertz CT molecular complexity index is 485. The maximum absolute atomic E-state index is 6.39. The molecule has 0 saturated heterocycles. The number of hydrazine groups is 1. The first-order valence-electron chi connectivity index (χ1n) is 12.7. The lowest BCUT2D eigenvalue weighted by atomic mass is 9.89. The quantitative estimate of drug-likeness (QED) is 0.406. The summed E-state index contributed by atoms with van der Waals surface area (Å²) in [6.07, 6.45) is 26.7. The minimum Gasteiger partial charge on any atom is -0.263 e. The molecule has 1 aliphatic carbocycles. The van der Waals surface area contributed by atoms with E-state index in [1.54, 1.807) is 0 Å². The lowest BCUT2D eigenvalue weighted by molar-refractivity contribution is -0.275. The number of unbranched alkanes of at least 4 members (excludes halogenated alkanes) is 1. The smallest absolute Gasteiger partial charge is 0.0768 e. The van der Waals surface area contributed by atoms with E-state index in [0.717, 1.165) is 13.0 Å². The first kappa shape index (κ1) is 24.3. The van der Waals surface area contributed by atoms with Crippen LogP contribution in [0.5, 0.6) is 0 Å². The lowest BCUT2D eigenvalue weighted by Gasteiger charge is -2.48. The van der Waals surface area contributed by atoms with Gasteiger partial charge in [-0.15, -0.1) is 0 Å². The molecule has 2 aliphatic rings. The van der Waals surface area contributed by atoms with Crippen LogP contribution >= 0.6 is 0 Å². The molecule has 0 N–H and O–H groups in total. The van der Waals surface area contributed by atoms with Crippen molar-refractivity contribution in [2.45, 2.75) is 130 Å². The molecule has 1 saturated carbocycles. The Hall–Kier alpha value is -0.960. The molecule has 168 valence electrons. The third-order valence-electron chi connectivity index (χ3n) is 6.61. The van der Waals surface area contributed by atoms with Gasteiger partial charge in [0.1, 0.15) is 0 Å². The van der Waals surface area contributed by atoms with Gasteiger partial charge in [0.25, 0.3) is 0 Å². The first-order valence-corrected chi connectivity index (χ1v) is 12.7. The van der Waals surface area contributed by atoms with Crippen molar-refractivity contribution in [2.24, 2.45) is 5.92 Å². The van der Waals surface area contributed by atoms with Crippen LogP contribution in [0.2, 0.25) is 0 Å². The van der Waals surface area contributed by atoms with Crippen molar-refractivity contribution in [1.82, 2.24) is 10.2 Å². The predicted molar refractivity (Wildman–Crippen MR) is 125 cm³/mol. The maximum atomic E-state index is 6.39. The van der Waals surface area contributed by atoms with Gasteiger partial charge >= 0.3 is 0 Å². The van der Waals surface area contributed by atoms with E-state index in [9.17, 15) is 0 Å². The molecule has 0 bridgehead atoms. The van der Waals surface area contributed by atoms with E-state index in [4.69, 9.17) is 4.84 Å². The molecule has 0 atom stereocenters. The second-order valence-corrected chi connectivity index (χ2v) is 9.76. The van der Waals surface area contributed by atoms with Gasteiger partial charge in [-0.05, 0) is 51.7 Å². The highest BCUT2D eigenvalue weighted by Gasteiger charge is 2.34. The number of rotatable bonds is 8. The van der Waals surface area contributed by atoms with Gasteiger partial charge in [0, 0.05) is 12.1 Å². The zero-order chi connectivity index (χ0) is 21.0. The van der Waals surface area contributed by atoms with E-state index in [1.165, 1.54) is 95.6 Å². The minimum atomic E-state index is 0.0607. The Kier molecular flexibility index (Phi) is 11.2. The molecule has 1 heterocycles. The van der Waals surface area contributed by atoms with E-state index in [1.807, 2.05) is 0 Å². The van der Waals surface area contributed by atoms with Gasteiger partial charge in [-0.25, -0.2) is 0 Å². The van der Waals surface area contributed by atoms with Crippen LogP contribution in [0.15, 0.2) is 24.0 Å². The molecule has 0 aromatic heterocycles. The van der Waals surface area contributed by atoms with Gasteiger partial charge in [0.2, 0.25) is 0 Å². The molecule has 29 heavy (non-hydrogen) atoms. The minimum absolute atomic E-state index is 0.0607. The van der Waals surface area contributed by atoms with Crippen LogP contribution in [-0.2, 0) is 4.84 Å². The number of hydrogen-bond donors (Lipinski definition) is 0. The van der Waals surface area contributed by atoms with Crippen LogP contribution in [0, 0.1) is 5.92 Å². The Morgan fingerprint density at radius 2 is 1.48 bits per heavy atom. The van der Waals surface area contributed by atoms with Crippen LogP contribution in [0.25, 0.3) is 0 Å². The molecule has 3 nitrogen and oxygen atoms in total. The summed E-state index contributed by atoms with van der Waals surface area (Å²) in [6, 6.07) is 0. The molecule has 1 fully saturated rings. The summed E-state index contributed by atoms with van der Waals surface area (Å²) in [5.41, 5.74) is 1.45. The molecule has 0 spiro atoms. The Morgan fingerprint density at radius 1 is 0.897 bits per heavy atom. The van der Waals surface area contributed by atoms with Gasteiger partial charge in [0.15, 0.2) is 0 Å². The lowest BCUT2D eigenvalue weighted by Crippen LogP contribution is -2.52. The normalized spacial score (nSPS) is 20.9. The van der Waals surface area contributed by atoms with E-state index in [-0.39, 0.29) is 5.54 Å². The maximum Gasteiger partial charge on any atom is 0.0768 e. The van der Waals surface area contributed by atoms with Gasteiger partial charge in [-0.3, -0.25) is 9.85 Å². The van der Waals surface area contributed by atoms with Crippen LogP contribution < -0.4 is 0 Å². The summed E-state index contributed by atoms with van der Waals surface area (Å²) in [4.78, 5) is 6.39. The third kappa shape index (κ3) is 8.00. The molecular formula is C26H48N2O. The summed E-state index contributed by atoms with van der Waals surface area (Å²) in [7, 11) is 0. The van der Waals surface area contributed by atoms with Gasteiger partial charge < -0.3 is 0 Å². The Morgan fingerprint density at radius 3 is 2.03 bits per heavy atom. The topological polar surface area (TPSA) is 15.7 Å². The Balaban J connectivity index is 2.16. The zero-order valence-corrected chi connectivity index (χ0v) is 19.9. The molecule has 0 amide bonds. The fourth-order valence-electron chi connectivity index (χ4n) is 4.71. The van der Waals surface area contributed by atoms with Crippen molar-refractivity contribution in [3.63, 3.8) is 0 Å². The molecule has 0 unspecified atom stereocenters. The van der Waals surface area contributed by atoms with E-state index < -0.39 is 0 Å². The second-order valence-electron chi connectivity index (χ2n) is 9.76. The highest BCUT2D eigenvalue weighted by molar-refractivity contribution is 5.18. The van der Waals surface area contributed by atoms with Crippen LogP contribution in [-0.4, -0.2) is 22.3 Å². The van der Waals surface area contributed by atoms with E-state index in [0.29, 0.717) is 5.92 Å². The second kappa shape index (κ2) is 13.4. The van der Waals surface area contributed by atoms with E-state index in [2.05, 4.69) is 56.2 Å². The van der Waals surface area contributed by atoms with Crippen molar-refractivity contribution in [2.75, 3.05) is 6.61 Å². The summed E-state index contributed by atoms with van der Waals surface area (Å²) in [6.45, 7) is 9.98. The van der Waals surface area contributed by atoms with Gasteiger partial charge in [0.05, 0.1) is 17.8 Å². The average Bonchev–Trinajstić information content (AvgIpc) is 2.71. The summed E-state index contributed by atoms with van der Waals surface area (Å²) < 4.78 is 0. The van der Waals surface area contributed by atoms with Crippen LogP contribution in [0.1, 0.15) is 124 Å².